The van der Waals surface area contributed by atoms with Crippen molar-refractivity contribution in [3.05, 3.63) is 29.8 Å². The highest BCUT2D eigenvalue weighted by atomic mass is 16.5. The van der Waals surface area contributed by atoms with Crippen molar-refractivity contribution >= 4 is 5.91 Å². The number of hydrogen-bond acceptors (Lipinski definition) is 4. The number of carbonyl (C=O) groups is 1. The summed E-state index contributed by atoms with van der Waals surface area (Å²) in [6, 6.07) is 7.77. The van der Waals surface area contributed by atoms with Crippen LogP contribution < -0.4 is 4.74 Å². The number of β-amino-alcohol motifs (C(OH)–C–C–N with tert-alkyl or cyclic N) is 1. The van der Waals surface area contributed by atoms with Gasteiger partial charge in [0.1, 0.15) is 5.75 Å². The topological polar surface area (TPSA) is 53.0 Å². The van der Waals surface area contributed by atoms with Crippen LogP contribution in [0, 0.1) is 0 Å². The molecule has 0 aromatic heterocycles. The monoisotopic (exact) mass is 306 g/mol. The molecule has 1 fully saturated rings. The van der Waals surface area contributed by atoms with Crippen LogP contribution in [-0.2, 0) is 4.79 Å². The second-order valence-corrected chi connectivity index (χ2v) is 5.62. The molecule has 5 heteroatoms. The molecule has 1 aliphatic heterocycles. The van der Waals surface area contributed by atoms with Crippen molar-refractivity contribution in [3.8, 4) is 5.75 Å². The molecule has 1 heterocycles. The van der Waals surface area contributed by atoms with E-state index in [0.717, 1.165) is 43.9 Å². The third kappa shape index (κ3) is 3.99. The van der Waals surface area contributed by atoms with E-state index in [0.29, 0.717) is 6.54 Å². The molecule has 0 aliphatic carbocycles. The molecule has 1 N–H and O–H groups in total. The minimum absolute atomic E-state index is 0.0877. The molecule has 0 saturated carbocycles. The van der Waals surface area contributed by atoms with Crippen LogP contribution in [0.15, 0.2) is 24.3 Å². The lowest BCUT2D eigenvalue weighted by Gasteiger charge is -2.36. The number of ether oxygens (including phenoxy) is 1. The Bertz CT molecular complexity index is 467. The summed E-state index contributed by atoms with van der Waals surface area (Å²) in [5.41, 5.74) is 1.05. The van der Waals surface area contributed by atoms with Crippen LogP contribution in [0.25, 0.3) is 0 Å². The van der Waals surface area contributed by atoms with Crippen molar-refractivity contribution in [2.24, 2.45) is 0 Å². The zero-order chi connectivity index (χ0) is 15.9. The molecule has 1 atom stereocenters. The second kappa shape index (κ2) is 8.15. The molecule has 0 radical (unpaired) electrons. The highest BCUT2D eigenvalue weighted by Gasteiger charge is 2.27. The van der Waals surface area contributed by atoms with Gasteiger partial charge in [0.05, 0.1) is 19.6 Å². The van der Waals surface area contributed by atoms with Crippen molar-refractivity contribution in [2.45, 2.75) is 19.3 Å². The molecule has 1 aromatic carbocycles. The maximum atomic E-state index is 12.8. The van der Waals surface area contributed by atoms with Gasteiger partial charge < -0.3 is 14.7 Å². The standard InChI is InChI=1S/C17H26N2O3/c1-3-16(14-4-6-15(22-2)7-5-14)17(21)19-10-8-18(9-11-19)12-13-20/h4-7,16,20H,3,8-13H2,1-2H3. The summed E-state index contributed by atoms with van der Waals surface area (Å²) in [6.45, 7) is 6.08. The smallest absolute Gasteiger partial charge is 0.230 e. The van der Waals surface area contributed by atoms with E-state index in [4.69, 9.17) is 9.84 Å². The third-order valence-corrected chi connectivity index (χ3v) is 4.32. The number of piperazine rings is 1. The molecule has 22 heavy (non-hydrogen) atoms. The first-order valence-electron chi connectivity index (χ1n) is 7.95. The number of hydrogen-bond donors (Lipinski definition) is 1. The van der Waals surface area contributed by atoms with Gasteiger partial charge in [-0.1, -0.05) is 19.1 Å². The second-order valence-electron chi connectivity index (χ2n) is 5.62. The summed E-state index contributed by atoms with van der Waals surface area (Å²) in [5, 5.41) is 8.98. The SMILES string of the molecule is CCC(C(=O)N1CCN(CCO)CC1)c1ccc(OC)cc1. The number of methoxy groups -OCH3 is 1. The lowest BCUT2D eigenvalue weighted by atomic mass is 9.94. The lowest BCUT2D eigenvalue weighted by Crippen LogP contribution is -2.50. The first kappa shape index (κ1) is 16.8. The molecule has 0 spiro atoms. The normalized spacial score (nSPS) is 17.3. The first-order chi connectivity index (χ1) is 10.7. The molecular weight excluding hydrogens is 280 g/mol. The van der Waals surface area contributed by atoms with Crippen LogP contribution in [0.5, 0.6) is 5.75 Å². The van der Waals surface area contributed by atoms with Crippen LogP contribution in [-0.4, -0.2) is 67.3 Å². The van der Waals surface area contributed by atoms with Crippen molar-refractivity contribution in [3.63, 3.8) is 0 Å². The average molecular weight is 306 g/mol. The Balaban J connectivity index is 1.99. The molecule has 1 unspecified atom stereocenters. The van der Waals surface area contributed by atoms with E-state index in [2.05, 4.69) is 11.8 Å². The fourth-order valence-corrected chi connectivity index (χ4v) is 2.94. The van der Waals surface area contributed by atoms with Crippen molar-refractivity contribution in [1.82, 2.24) is 9.80 Å². The molecule has 122 valence electrons. The van der Waals surface area contributed by atoms with E-state index in [-0.39, 0.29) is 18.4 Å². The van der Waals surface area contributed by atoms with Gasteiger partial charge in [-0.2, -0.15) is 0 Å². The Morgan fingerprint density at radius 2 is 1.86 bits per heavy atom. The molecule has 1 aliphatic rings. The fourth-order valence-electron chi connectivity index (χ4n) is 2.94. The van der Waals surface area contributed by atoms with Crippen LogP contribution in [0.4, 0.5) is 0 Å². The summed E-state index contributed by atoms with van der Waals surface area (Å²) >= 11 is 0. The van der Waals surface area contributed by atoms with Gasteiger partial charge in [-0.3, -0.25) is 9.69 Å². The van der Waals surface area contributed by atoms with Gasteiger partial charge in [0.25, 0.3) is 0 Å². The fraction of sp³-hybridized carbons (Fsp3) is 0.588. The third-order valence-electron chi connectivity index (χ3n) is 4.32. The van der Waals surface area contributed by atoms with E-state index in [1.807, 2.05) is 29.2 Å². The predicted octanol–water partition coefficient (Wildman–Crippen LogP) is 1.33. The number of carbonyl (C=O) groups excluding carboxylic acids is 1. The Hall–Kier alpha value is -1.59. The Morgan fingerprint density at radius 3 is 2.36 bits per heavy atom. The van der Waals surface area contributed by atoms with Gasteiger partial charge in [0, 0.05) is 32.7 Å². The number of nitrogens with zero attached hydrogens (tertiary/aromatic N) is 2. The predicted molar refractivity (Wildman–Crippen MR) is 86.1 cm³/mol. The van der Waals surface area contributed by atoms with Gasteiger partial charge >= 0.3 is 0 Å². The number of benzene rings is 1. The minimum Gasteiger partial charge on any atom is -0.497 e. The summed E-state index contributed by atoms with van der Waals surface area (Å²) in [7, 11) is 1.64. The molecule has 2 rings (SSSR count). The number of aliphatic hydroxyl groups excluding tert-OH is 1. The van der Waals surface area contributed by atoms with Crippen LogP contribution in [0.1, 0.15) is 24.8 Å². The van der Waals surface area contributed by atoms with E-state index >= 15 is 0 Å². The Kier molecular flexibility index (Phi) is 6.21. The molecule has 1 saturated heterocycles. The van der Waals surface area contributed by atoms with E-state index in [1.54, 1.807) is 7.11 Å². The van der Waals surface area contributed by atoms with Crippen LogP contribution in [0.2, 0.25) is 0 Å². The number of aliphatic hydroxyl groups is 1. The summed E-state index contributed by atoms with van der Waals surface area (Å²) in [6.07, 6.45) is 0.794. The maximum absolute atomic E-state index is 12.8. The van der Waals surface area contributed by atoms with E-state index < -0.39 is 0 Å². The molecule has 1 amide bonds. The minimum atomic E-state index is -0.0877. The quantitative estimate of drug-likeness (QED) is 0.861. The Labute approximate surface area is 132 Å². The summed E-state index contributed by atoms with van der Waals surface area (Å²) < 4.78 is 5.17. The highest BCUT2D eigenvalue weighted by molar-refractivity contribution is 5.83. The molecule has 1 aromatic rings. The van der Waals surface area contributed by atoms with Crippen LogP contribution >= 0.6 is 0 Å². The number of rotatable bonds is 6. The highest BCUT2D eigenvalue weighted by Crippen LogP contribution is 2.25. The maximum Gasteiger partial charge on any atom is 0.230 e. The molecule has 0 bridgehead atoms. The molecular formula is C17H26N2O3. The largest absolute Gasteiger partial charge is 0.497 e. The first-order valence-corrected chi connectivity index (χ1v) is 7.95. The average Bonchev–Trinajstić information content (AvgIpc) is 2.57. The van der Waals surface area contributed by atoms with Gasteiger partial charge in [-0.25, -0.2) is 0 Å². The van der Waals surface area contributed by atoms with Crippen molar-refractivity contribution in [2.75, 3.05) is 46.4 Å². The van der Waals surface area contributed by atoms with Gasteiger partial charge in [-0.05, 0) is 24.1 Å². The van der Waals surface area contributed by atoms with Crippen molar-refractivity contribution < 1.29 is 14.6 Å². The van der Waals surface area contributed by atoms with Crippen molar-refractivity contribution in [1.29, 1.82) is 0 Å². The Morgan fingerprint density at radius 1 is 1.23 bits per heavy atom. The van der Waals surface area contributed by atoms with Gasteiger partial charge in [0.15, 0.2) is 0 Å². The molecule has 5 nitrogen and oxygen atoms in total. The lowest BCUT2D eigenvalue weighted by molar-refractivity contribution is -0.134. The summed E-state index contributed by atoms with van der Waals surface area (Å²) in [4.78, 5) is 16.9. The van der Waals surface area contributed by atoms with Gasteiger partial charge in [-0.15, -0.1) is 0 Å². The zero-order valence-electron chi connectivity index (χ0n) is 13.5. The summed E-state index contributed by atoms with van der Waals surface area (Å²) in [5.74, 6) is 0.926. The zero-order valence-corrected chi connectivity index (χ0v) is 13.5. The van der Waals surface area contributed by atoms with Gasteiger partial charge in [0.2, 0.25) is 5.91 Å². The van der Waals surface area contributed by atoms with Crippen LogP contribution in [0.3, 0.4) is 0 Å². The van der Waals surface area contributed by atoms with E-state index in [9.17, 15) is 4.79 Å². The van der Waals surface area contributed by atoms with E-state index in [1.165, 1.54) is 0 Å². The number of amides is 1.